The van der Waals surface area contributed by atoms with Gasteiger partial charge in [0.1, 0.15) is 12.4 Å². The van der Waals surface area contributed by atoms with E-state index in [0.717, 1.165) is 30.4 Å². The van der Waals surface area contributed by atoms with Crippen molar-refractivity contribution >= 4 is 21.7 Å². The van der Waals surface area contributed by atoms with Crippen LogP contribution in [0, 0.1) is 0 Å². The van der Waals surface area contributed by atoms with Gasteiger partial charge >= 0.3 is 5.97 Å². The molecule has 0 N–H and O–H groups in total. The number of nitrogens with zero attached hydrogens (tertiary/aromatic N) is 2. The number of alkyl halides is 2. The number of aromatic nitrogens is 1. The van der Waals surface area contributed by atoms with Crippen LogP contribution in [0.1, 0.15) is 33.5 Å². The van der Waals surface area contributed by atoms with E-state index in [1.807, 2.05) is 0 Å². The minimum atomic E-state index is -4.38. The van der Waals surface area contributed by atoms with Crippen LogP contribution in [-0.2, 0) is 34.2 Å². The summed E-state index contributed by atoms with van der Waals surface area (Å²) in [4.78, 5) is 15.5. The quantitative estimate of drug-likeness (QED) is 0.404. The van der Waals surface area contributed by atoms with Crippen molar-refractivity contribution in [1.82, 2.24) is 4.98 Å². The Kier molecular flexibility index (Phi) is 7.30. The number of pyridine rings is 1. The fourth-order valence-electron chi connectivity index (χ4n) is 3.98. The maximum absolute atomic E-state index is 13.6. The van der Waals surface area contributed by atoms with Gasteiger partial charge in [-0.1, -0.05) is 18.2 Å². The lowest BCUT2D eigenvalue weighted by atomic mass is 10.1. The Bertz CT molecular complexity index is 1300. The lowest BCUT2D eigenvalue weighted by Crippen LogP contribution is -2.36. The van der Waals surface area contributed by atoms with E-state index in [1.54, 1.807) is 42.5 Å². The first-order chi connectivity index (χ1) is 16.8. The molecule has 0 spiro atoms. The molecule has 184 valence electrons. The van der Waals surface area contributed by atoms with E-state index in [2.05, 4.69) is 4.98 Å². The van der Waals surface area contributed by atoms with Crippen molar-refractivity contribution in [1.29, 1.82) is 0 Å². The molecule has 0 saturated carbocycles. The van der Waals surface area contributed by atoms with E-state index < -0.39 is 29.0 Å². The first-order valence-electron chi connectivity index (χ1n) is 11.0. The number of hydrogen-bond donors (Lipinski definition) is 0. The molecule has 1 aliphatic carbocycles. The van der Waals surface area contributed by atoms with Crippen LogP contribution in [-0.4, -0.2) is 39.5 Å². The summed E-state index contributed by atoms with van der Waals surface area (Å²) >= 11 is 0. The zero-order valence-corrected chi connectivity index (χ0v) is 19.8. The SMILES string of the molecule is COC(=O)c1ccc(COc2cc3c(cc2N(CC(F)F)S(=O)(=O)c2ccccn2)CCC3)cc1. The molecule has 0 unspecified atom stereocenters. The molecule has 0 atom stereocenters. The topological polar surface area (TPSA) is 85.8 Å². The average molecular weight is 503 g/mol. The molecule has 3 aromatic rings. The number of halogens is 2. The Morgan fingerprint density at radius 1 is 1.09 bits per heavy atom. The second-order valence-electron chi connectivity index (χ2n) is 8.01. The number of esters is 1. The fourth-order valence-corrected chi connectivity index (χ4v) is 5.36. The Morgan fingerprint density at radius 2 is 1.80 bits per heavy atom. The maximum atomic E-state index is 13.6. The molecular weight excluding hydrogens is 478 g/mol. The lowest BCUT2D eigenvalue weighted by molar-refractivity contribution is 0.0600. The first-order valence-corrected chi connectivity index (χ1v) is 12.4. The highest BCUT2D eigenvalue weighted by Gasteiger charge is 2.32. The molecule has 4 rings (SSSR count). The van der Waals surface area contributed by atoms with Gasteiger partial charge in [-0.25, -0.2) is 18.6 Å². The zero-order chi connectivity index (χ0) is 25.0. The molecule has 35 heavy (non-hydrogen) atoms. The van der Waals surface area contributed by atoms with Crippen LogP contribution >= 0.6 is 0 Å². The third-order valence-electron chi connectivity index (χ3n) is 5.71. The largest absolute Gasteiger partial charge is 0.487 e. The Labute approximate surface area is 202 Å². The second kappa shape index (κ2) is 10.4. The van der Waals surface area contributed by atoms with Crippen LogP contribution in [0.3, 0.4) is 0 Å². The number of methoxy groups -OCH3 is 1. The van der Waals surface area contributed by atoms with E-state index in [4.69, 9.17) is 9.47 Å². The fraction of sp³-hybridized carbons (Fsp3) is 0.280. The van der Waals surface area contributed by atoms with Gasteiger partial charge < -0.3 is 9.47 Å². The predicted octanol–water partition coefficient (Wildman–Crippen LogP) is 4.40. The summed E-state index contributed by atoms with van der Waals surface area (Å²) in [5.74, 6) is -0.288. The molecule has 0 saturated heterocycles. The average Bonchev–Trinajstić information content (AvgIpc) is 3.33. The van der Waals surface area contributed by atoms with Crippen molar-refractivity contribution in [3.63, 3.8) is 0 Å². The summed E-state index contributed by atoms with van der Waals surface area (Å²) in [6, 6.07) is 14.2. The number of sulfonamides is 1. The van der Waals surface area contributed by atoms with Crippen molar-refractivity contribution in [2.45, 2.75) is 37.3 Å². The van der Waals surface area contributed by atoms with Gasteiger partial charge in [-0.3, -0.25) is 4.31 Å². The number of hydrogen-bond acceptors (Lipinski definition) is 6. The standard InChI is InChI=1S/C25H24F2N2O5S/c1-33-25(30)18-10-8-17(9-11-18)16-34-22-14-20-6-4-5-19(20)13-21(22)29(15-23(26)27)35(31,32)24-7-2-3-12-28-24/h2-3,7-14,23H,4-6,15-16H2,1H3. The number of fused-ring (bicyclic) bond motifs is 1. The van der Waals surface area contributed by atoms with Gasteiger partial charge in [0.25, 0.3) is 16.4 Å². The Hall–Kier alpha value is -3.53. The molecular formula is C25H24F2N2O5S. The second-order valence-corrected chi connectivity index (χ2v) is 9.82. The van der Waals surface area contributed by atoms with Crippen molar-refractivity contribution in [2.75, 3.05) is 18.0 Å². The number of carbonyl (C=O) groups is 1. The monoisotopic (exact) mass is 502 g/mol. The van der Waals surface area contributed by atoms with Gasteiger partial charge in [-0.05, 0) is 72.4 Å². The van der Waals surface area contributed by atoms with Gasteiger partial charge in [0.15, 0.2) is 5.03 Å². The van der Waals surface area contributed by atoms with Crippen molar-refractivity contribution in [3.05, 3.63) is 83.0 Å². The number of carbonyl (C=O) groups excluding carboxylic acids is 1. The molecule has 7 nitrogen and oxygen atoms in total. The van der Waals surface area contributed by atoms with Gasteiger partial charge in [-0.15, -0.1) is 0 Å². The highest BCUT2D eigenvalue weighted by Crippen LogP contribution is 2.38. The molecule has 10 heteroatoms. The van der Waals surface area contributed by atoms with Crippen LogP contribution in [0.25, 0.3) is 0 Å². The van der Waals surface area contributed by atoms with Crippen molar-refractivity contribution < 1.29 is 31.5 Å². The molecule has 0 fully saturated rings. The van der Waals surface area contributed by atoms with Crippen LogP contribution in [0.2, 0.25) is 0 Å². The summed E-state index contributed by atoms with van der Waals surface area (Å²) in [7, 11) is -3.09. The van der Waals surface area contributed by atoms with Crippen LogP contribution in [0.4, 0.5) is 14.5 Å². The molecule has 1 heterocycles. The van der Waals surface area contributed by atoms with Crippen LogP contribution < -0.4 is 9.04 Å². The third-order valence-corrected chi connectivity index (χ3v) is 7.40. The Morgan fingerprint density at radius 3 is 2.43 bits per heavy atom. The molecule has 0 bridgehead atoms. The Balaban J connectivity index is 1.71. The lowest BCUT2D eigenvalue weighted by Gasteiger charge is -2.26. The third kappa shape index (κ3) is 5.43. The molecule has 0 aliphatic heterocycles. The molecule has 1 aliphatic rings. The normalized spacial score (nSPS) is 12.9. The molecule has 1 aromatic heterocycles. The smallest absolute Gasteiger partial charge is 0.337 e. The number of anilines is 1. The minimum Gasteiger partial charge on any atom is -0.487 e. The maximum Gasteiger partial charge on any atom is 0.337 e. The predicted molar refractivity (Wildman–Crippen MR) is 125 cm³/mol. The van der Waals surface area contributed by atoms with Gasteiger partial charge in [0.05, 0.1) is 24.9 Å². The highest BCUT2D eigenvalue weighted by atomic mass is 32.2. The summed E-state index contributed by atoms with van der Waals surface area (Å²) in [5, 5.41) is -0.328. The molecule has 0 radical (unpaired) electrons. The van der Waals surface area contributed by atoms with E-state index in [9.17, 15) is 22.0 Å². The summed E-state index contributed by atoms with van der Waals surface area (Å²) in [6.45, 7) is -0.999. The zero-order valence-electron chi connectivity index (χ0n) is 19.0. The van der Waals surface area contributed by atoms with E-state index in [1.165, 1.54) is 25.4 Å². The van der Waals surface area contributed by atoms with E-state index in [0.29, 0.717) is 15.4 Å². The minimum absolute atomic E-state index is 0.0411. The van der Waals surface area contributed by atoms with Gasteiger partial charge in [0, 0.05) is 6.20 Å². The van der Waals surface area contributed by atoms with Crippen molar-refractivity contribution in [3.8, 4) is 5.75 Å². The molecule has 2 aromatic carbocycles. The van der Waals surface area contributed by atoms with Crippen LogP contribution in [0.5, 0.6) is 5.75 Å². The van der Waals surface area contributed by atoms with Crippen molar-refractivity contribution in [2.24, 2.45) is 0 Å². The molecule has 0 amide bonds. The van der Waals surface area contributed by atoms with Gasteiger partial charge in [0.2, 0.25) is 0 Å². The van der Waals surface area contributed by atoms with E-state index in [-0.39, 0.29) is 23.1 Å². The summed E-state index contributed by atoms with van der Waals surface area (Å²) in [6.07, 6.45) is 0.784. The number of benzene rings is 2. The first kappa shape index (κ1) is 24.6. The number of rotatable bonds is 9. The number of ether oxygens (including phenoxy) is 2. The number of aryl methyl sites for hydroxylation is 2. The highest BCUT2D eigenvalue weighted by molar-refractivity contribution is 7.92. The van der Waals surface area contributed by atoms with Crippen LogP contribution in [0.15, 0.2) is 65.8 Å². The van der Waals surface area contributed by atoms with E-state index >= 15 is 0 Å². The summed E-state index contributed by atoms with van der Waals surface area (Å²) < 4.78 is 65.3. The summed E-state index contributed by atoms with van der Waals surface area (Å²) in [5.41, 5.74) is 3.03. The van der Waals surface area contributed by atoms with Gasteiger partial charge in [-0.2, -0.15) is 8.42 Å².